The van der Waals surface area contributed by atoms with Gasteiger partial charge in [-0.3, -0.25) is 14.4 Å². The summed E-state index contributed by atoms with van der Waals surface area (Å²) >= 11 is 53.0. The zero-order valence-corrected chi connectivity index (χ0v) is 83.1. The van der Waals surface area contributed by atoms with Crippen LogP contribution in [0.2, 0.25) is 40.2 Å². The fraction of sp³-hybridized carbons (Fsp3) is 0.212. The smallest absolute Gasteiger partial charge is 0.550 e. The van der Waals surface area contributed by atoms with Crippen molar-refractivity contribution in [2.45, 2.75) is 130 Å². The molecule has 0 radical (unpaired) electrons. The van der Waals surface area contributed by atoms with Gasteiger partial charge in [-0.15, -0.1) is 12.4 Å². The molecule has 9 N–H and O–H groups in total. The third-order valence-electron chi connectivity index (χ3n) is 18.0. The second-order valence-corrected chi connectivity index (χ2v) is 34.2. The SMILES string of the molecule is CC(C)(C)OC(=O)NCc1ccc(CBr)cc1.CC(C)(C)OC(=O)NCc1ccc(COC(=O)Cc2ccccc2Nc2c(Cl)cccc2Cl)cc1.CNCc1ccc(COC(=O)Cc2ccccc2Nc2c(Cl)cccc2Cl)cc1.Cl.NCc1ccc(COC(=O)Cc2ccccc2Nc2c(Cl)cccc2Cl)cc1.O=C([O-])Cc1ccccc1Nc1c(Cl)cccc1Cl.[Na+]. The Labute approximate surface area is 835 Å². The van der Waals surface area contributed by atoms with Crippen LogP contribution in [0, 0.1) is 0 Å². The number of nitrogens with two attached hydrogens (primary N) is 1. The molecule has 31 heteroatoms. The number of para-hydroxylation sites is 8. The number of esters is 3. The van der Waals surface area contributed by atoms with E-state index in [1.807, 2.05) is 218 Å². The molecule has 0 unspecified atom stereocenters. The van der Waals surface area contributed by atoms with Crippen LogP contribution in [0.25, 0.3) is 0 Å². The number of nitrogens with one attached hydrogen (secondary N) is 7. The Kier molecular flexibility index (Phi) is 47.1. The van der Waals surface area contributed by atoms with E-state index in [2.05, 4.69) is 53.1 Å². The van der Waals surface area contributed by atoms with E-state index in [-0.39, 0.29) is 111 Å². The number of halogens is 10. The molecule has 0 saturated heterocycles. The summed E-state index contributed by atoms with van der Waals surface area (Å²) < 4.78 is 26.7. The van der Waals surface area contributed by atoms with Gasteiger partial charge in [0.25, 0.3) is 0 Å². The molecule has 0 aliphatic carbocycles. The van der Waals surface area contributed by atoms with Gasteiger partial charge in [0.1, 0.15) is 31.0 Å². The Bertz CT molecular complexity index is 5580. The van der Waals surface area contributed by atoms with E-state index in [9.17, 15) is 33.9 Å². The summed E-state index contributed by atoms with van der Waals surface area (Å²) in [6.07, 6.45) is -0.673. The zero-order chi connectivity index (χ0) is 92.7. The topological polar surface area (TPSA) is 282 Å². The summed E-state index contributed by atoms with van der Waals surface area (Å²) in [7, 11) is 1.90. The minimum Gasteiger partial charge on any atom is -0.550 e. The Balaban J connectivity index is 0.000000255. The maximum Gasteiger partial charge on any atom is 1.00 e. The zero-order valence-electron chi connectivity index (χ0n) is 72.7. The van der Waals surface area contributed by atoms with Crippen molar-refractivity contribution in [2.24, 2.45) is 5.73 Å². The Hall–Kier alpha value is -9.73. The minimum absolute atomic E-state index is 0. The van der Waals surface area contributed by atoms with Gasteiger partial charge in [-0.2, -0.15) is 0 Å². The number of carboxylic acid groups (broad SMARTS) is 1. The molecule has 20 nitrogen and oxygen atoms in total. The van der Waals surface area contributed by atoms with Crippen LogP contribution < -0.4 is 77.6 Å². The van der Waals surface area contributed by atoms with Crippen LogP contribution in [0.4, 0.5) is 55.1 Å². The molecule has 2 amide bonds. The number of aliphatic carboxylic acids is 1. The van der Waals surface area contributed by atoms with Crippen molar-refractivity contribution in [1.29, 1.82) is 0 Å². The predicted octanol–water partition coefficient (Wildman–Crippen LogP) is 22.3. The molecule has 12 aromatic carbocycles. The standard InChI is InChI=1S/C27H28Cl2N2O4.C23H22Cl2N2O2.C22H20Cl2N2O2.C14H11Cl2NO2.C13H18BrNO2.ClH.Na/c1-27(2,3)35-26(33)30-16-18-11-13-19(14-12-18)17-34-24(32)15-20-7-4-5-10-23(20)31-25-21(28)8-6-9-22(25)29;1-26-14-16-9-11-17(12-10-16)15-29-22(28)13-18-5-2-3-8-21(18)27-23-19(24)6-4-7-20(23)25;23-18-5-3-6-19(24)22(18)26-20-7-2-1-4-17(20)12-21(27)28-14-16-10-8-15(13-25)9-11-16;15-10-5-3-6-11(16)14(10)17-12-7-2-1-4-9(12)8-13(18)19;1-13(2,3)17-12(16)15-9-11-6-4-10(8-14)5-7-11;;/h4-14,31H,15-17H2,1-3H3,(H,30,33);2-12,26-27H,13-15H2,1H3;1-11,26H,12-14,25H2;1-7,17H,8H2,(H,18,19);4-7H,8-9H2,1-3H3,(H,15,16);1H;/q;;;;;;+1/p-1. The van der Waals surface area contributed by atoms with E-state index in [1.54, 1.807) is 97.1 Å². The number of amides is 2. The number of hydrogen-bond donors (Lipinski definition) is 8. The van der Waals surface area contributed by atoms with E-state index >= 15 is 0 Å². The quantitative estimate of drug-likeness (QED) is 0.00899. The summed E-state index contributed by atoms with van der Waals surface area (Å²) in [6.45, 7) is 13.7. The molecule has 12 rings (SSSR count). The molecule has 678 valence electrons. The van der Waals surface area contributed by atoms with Crippen LogP contribution in [0.3, 0.4) is 0 Å². The molecule has 12 aromatic rings. The van der Waals surface area contributed by atoms with Gasteiger partial charge in [-0.1, -0.05) is 303 Å². The van der Waals surface area contributed by atoms with Gasteiger partial charge in [-0.25, -0.2) is 9.59 Å². The van der Waals surface area contributed by atoms with Crippen LogP contribution in [-0.2, 0) is 120 Å². The number of carboxylic acids is 1. The maximum absolute atomic E-state index is 12.5. The summed E-state index contributed by atoms with van der Waals surface area (Å²) in [5.74, 6) is -2.12. The normalized spacial score (nSPS) is 10.5. The molecule has 0 aliphatic rings. The molecular weight excluding hydrogens is 1920 g/mol. The summed E-state index contributed by atoms with van der Waals surface area (Å²) in [4.78, 5) is 71.1. The van der Waals surface area contributed by atoms with Crippen molar-refractivity contribution in [1.82, 2.24) is 16.0 Å². The molecule has 0 aromatic heterocycles. The summed E-state index contributed by atoms with van der Waals surface area (Å²) in [5.41, 5.74) is 20.9. The second kappa shape index (κ2) is 56.2. The van der Waals surface area contributed by atoms with E-state index in [4.69, 9.17) is 122 Å². The van der Waals surface area contributed by atoms with Crippen LogP contribution >= 0.6 is 121 Å². The number of anilines is 8. The van der Waals surface area contributed by atoms with Crippen molar-refractivity contribution < 1.29 is 87.1 Å². The molecule has 0 spiro atoms. The number of rotatable bonds is 30. The van der Waals surface area contributed by atoms with Crippen LogP contribution in [0.1, 0.15) is 108 Å². The van der Waals surface area contributed by atoms with Crippen molar-refractivity contribution in [2.75, 3.05) is 28.3 Å². The monoisotopic (exact) mass is 2010 g/mol. The predicted molar refractivity (Wildman–Crippen MR) is 526 cm³/mol. The van der Waals surface area contributed by atoms with Gasteiger partial charge in [-0.05, 0) is 188 Å². The first-order valence-electron chi connectivity index (χ1n) is 40.2. The van der Waals surface area contributed by atoms with Crippen molar-refractivity contribution in [3.05, 3.63) is 374 Å². The molecule has 0 bridgehead atoms. The molecule has 0 aliphatic heterocycles. The van der Waals surface area contributed by atoms with E-state index < -0.39 is 23.3 Å². The number of carbonyl (C=O) groups excluding carboxylic acids is 6. The van der Waals surface area contributed by atoms with E-state index in [0.29, 0.717) is 93.8 Å². The van der Waals surface area contributed by atoms with Gasteiger partial charge in [0.2, 0.25) is 0 Å². The van der Waals surface area contributed by atoms with Gasteiger partial charge in [0, 0.05) is 66.6 Å². The average molecular weight is 2010 g/mol. The maximum atomic E-state index is 12.5. The van der Waals surface area contributed by atoms with E-state index in [0.717, 1.165) is 79.0 Å². The van der Waals surface area contributed by atoms with Crippen LogP contribution in [-0.4, -0.2) is 54.3 Å². The van der Waals surface area contributed by atoms with Crippen molar-refractivity contribution in [3.63, 3.8) is 0 Å². The van der Waals surface area contributed by atoms with Crippen molar-refractivity contribution >= 4 is 203 Å². The molecule has 130 heavy (non-hydrogen) atoms. The Morgan fingerprint density at radius 1 is 0.331 bits per heavy atom. The molecular formula is C99H99BrCl9N8NaO12. The summed E-state index contributed by atoms with van der Waals surface area (Å²) in [6, 6.07) is 81.6. The fourth-order valence-corrected chi connectivity index (χ4v) is 14.0. The van der Waals surface area contributed by atoms with Crippen molar-refractivity contribution in [3.8, 4) is 0 Å². The largest absolute Gasteiger partial charge is 1.00 e. The number of alkyl carbamates (subject to hydrolysis) is 2. The van der Waals surface area contributed by atoms with Crippen LogP contribution in [0.5, 0.6) is 0 Å². The number of ether oxygens (including phenoxy) is 5. The molecule has 0 fully saturated rings. The third kappa shape index (κ3) is 39.0. The van der Waals surface area contributed by atoms with Gasteiger partial charge in [0.05, 0.1) is 82.2 Å². The number of hydrogen-bond acceptors (Lipinski definition) is 18. The fourth-order valence-electron chi connectivity index (χ4n) is 11.7. The number of alkyl halides is 1. The Morgan fingerprint density at radius 2 is 0.562 bits per heavy atom. The first-order valence-corrected chi connectivity index (χ1v) is 44.3. The second-order valence-electron chi connectivity index (χ2n) is 30.4. The van der Waals surface area contributed by atoms with Crippen LogP contribution in [0.15, 0.2) is 267 Å². The van der Waals surface area contributed by atoms with Gasteiger partial charge >= 0.3 is 59.7 Å². The molecule has 0 saturated carbocycles. The average Bonchev–Trinajstić information content (AvgIpc) is 0.838. The van der Waals surface area contributed by atoms with E-state index in [1.165, 1.54) is 11.1 Å². The first-order chi connectivity index (χ1) is 61.2. The molecule has 0 heterocycles. The number of carbonyl (C=O) groups is 6. The van der Waals surface area contributed by atoms with Gasteiger partial charge in [0.15, 0.2) is 0 Å². The minimum atomic E-state index is -1.14. The first kappa shape index (κ1) is 109. The van der Waals surface area contributed by atoms with Gasteiger partial charge < -0.3 is 76.5 Å². The number of benzene rings is 12. The Morgan fingerprint density at radius 3 is 0.800 bits per heavy atom. The third-order valence-corrected chi connectivity index (χ3v) is 21.2. The summed E-state index contributed by atoms with van der Waals surface area (Å²) in [5, 5.41) is 36.8. The molecule has 0 atom stereocenters.